The molecule has 2 aromatic heterocycles. The highest BCUT2D eigenvalue weighted by Crippen LogP contribution is 2.40. The molecule has 3 amide bonds. The van der Waals surface area contributed by atoms with E-state index in [0.717, 1.165) is 11.3 Å². The molecule has 0 saturated carbocycles. The van der Waals surface area contributed by atoms with Crippen LogP contribution in [0.5, 0.6) is 0 Å². The number of hydrogen-bond donors (Lipinski definition) is 1. The maximum absolute atomic E-state index is 13.5. The van der Waals surface area contributed by atoms with E-state index >= 15 is 0 Å². The third-order valence-corrected chi connectivity index (χ3v) is 7.26. The summed E-state index contributed by atoms with van der Waals surface area (Å²) < 4.78 is 7.20. The summed E-state index contributed by atoms with van der Waals surface area (Å²) in [5.41, 5.74) is 4.50. The molecule has 0 bridgehead atoms. The first-order valence-corrected chi connectivity index (χ1v) is 12.2. The predicted molar refractivity (Wildman–Crippen MR) is 135 cm³/mol. The standard InChI is InChI=1S/C27H22N6O4/c34-25-21(19-15-29-20-6-1-2-8-32(19)20)22(26(35)30-25)23-17-5-3-4-16-14-18(33(24(16)17)9-7-28-23)27(36)31-10-12-37-13-11-31/h1-9,15,18H,10-14H2,(H,30,34,35). The van der Waals surface area contributed by atoms with Gasteiger partial charge in [0, 0.05) is 43.7 Å². The maximum Gasteiger partial charge on any atom is 0.261 e. The number of anilines is 1. The molecule has 10 nitrogen and oxygen atoms in total. The number of rotatable bonds is 3. The number of nitrogens with zero attached hydrogens (tertiary/aromatic N) is 5. The van der Waals surface area contributed by atoms with Crippen molar-refractivity contribution in [2.45, 2.75) is 12.5 Å². The highest BCUT2D eigenvalue weighted by atomic mass is 16.5. The number of imide groups is 1. The Morgan fingerprint density at radius 3 is 2.73 bits per heavy atom. The Morgan fingerprint density at radius 1 is 1.03 bits per heavy atom. The van der Waals surface area contributed by atoms with Crippen LogP contribution in [0.25, 0.3) is 11.2 Å². The Bertz CT molecular complexity index is 1590. The molecule has 1 atom stereocenters. The molecule has 1 fully saturated rings. The minimum absolute atomic E-state index is 0.0398. The lowest BCUT2D eigenvalue weighted by atomic mass is 9.94. The number of benzene rings is 1. The highest BCUT2D eigenvalue weighted by Gasteiger charge is 2.42. The number of carbonyl (C=O) groups excluding carboxylic acids is 3. The van der Waals surface area contributed by atoms with Crippen LogP contribution in [0, 0.1) is 0 Å². The van der Waals surface area contributed by atoms with Crippen LogP contribution in [0.15, 0.2) is 71.8 Å². The van der Waals surface area contributed by atoms with E-state index in [-0.39, 0.29) is 17.1 Å². The van der Waals surface area contributed by atoms with E-state index in [0.29, 0.717) is 55.3 Å². The summed E-state index contributed by atoms with van der Waals surface area (Å²) in [5.74, 6) is -0.965. The number of aromatic nitrogens is 2. The summed E-state index contributed by atoms with van der Waals surface area (Å²) in [7, 11) is 0. The number of pyridine rings is 1. The van der Waals surface area contributed by atoms with Gasteiger partial charge >= 0.3 is 0 Å². The van der Waals surface area contributed by atoms with Crippen molar-refractivity contribution in [2.24, 2.45) is 4.99 Å². The Kier molecular flexibility index (Phi) is 4.83. The Hall–Kier alpha value is -4.57. The minimum Gasteiger partial charge on any atom is -0.378 e. The van der Waals surface area contributed by atoms with Crippen LogP contribution in [0.3, 0.4) is 0 Å². The van der Waals surface area contributed by atoms with Gasteiger partial charge in [-0.2, -0.15) is 0 Å². The third-order valence-electron chi connectivity index (χ3n) is 7.26. The maximum atomic E-state index is 13.5. The predicted octanol–water partition coefficient (Wildman–Crippen LogP) is 1.31. The van der Waals surface area contributed by atoms with Crippen LogP contribution in [-0.4, -0.2) is 70.1 Å². The average Bonchev–Trinajstić information content (AvgIpc) is 3.55. The van der Waals surface area contributed by atoms with Crippen LogP contribution in [0.4, 0.5) is 5.69 Å². The Balaban J connectivity index is 1.35. The van der Waals surface area contributed by atoms with E-state index in [1.807, 2.05) is 46.2 Å². The van der Waals surface area contributed by atoms with E-state index in [2.05, 4.69) is 15.3 Å². The normalized spacial score (nSPS) is 20.9. The van der Waals surface area contributed by atoms with E-state index in [1.54, 1.807) is 29.2 Å². The molecule has 3 aromatic rings. The van der Waals surface area contributed by atoms with Crippen LogP contribution in [0.2, 0.25) is 0 Å². The van der Waals surface area contributed by atoms with Gasteiger partial charge in [-0.3, -0.25) is 29.1 Å². The molecule has 0 spiro atoms. The van der Waals surface area contributed by atoms with Crippen molar-refractivity contribution in [3.8, 4) is 0 Å². The first-order valence-electron chi connectivity index (χ1n) is 12.2. The van der Waals surface area contributed by atoms with Crippen LogP contribution in [-0.2, 0) is 25.5 Å². The molecule has 0 radical (unpaired) electrons. The molecular weight excluding hydrogens is 472 g/mol. The molecule has 0 aliphatic carbocycles. The largest absolute Gasteiger partial charge is 0.378 e. The van der Waals surface area contributed by atoms with Crippen molar-refractivity contribution in [1.82, 2.24) is 19.6 Å². The number of hydrogen-bond acceptors (Lipinski definition) is 7. The smallest absolute Gasteiger partial charge is 0.261 e. The number of para-hydroxylation sites is 1. The van der Waals surface area contributed by atoms with Crippen molar-refractivity contribution in [3.63, 3.8) is 0 Å². The molecule has 7 rings (SSSR count). The number of amides is 3. The summed E-state index contributed by atoms with van der Waals surface area (Å²) in [5, 5.41) is 2.45. The fourth-order valence-corrected chi connectivity index (χ4v) is 5.59. The summed E-state index contributed by atoms with van der Waals surface area (Å²) >= 11 is 0. The minimum atomic E-state index is -0.511. The number of aliphatic imine (C=N–C) groups is 1. The van der Waals surface area contributed by atoms with Crippen LogP contribution in [0.1, 0.15) is 16.8 Å². The number of nitrogens with one attached hydrogen (secondary N) is 1. The van der Waals surface area contributed by atoms with Gasteiger partial charge in [0.15, 0.2) is 0 Å². The monoisotopic (exact) mass is 494 g/mol. The van der Waals surface area contributed by atoms with Crippen molar-refractivity contribution in [3.05, 3.63) is 83.6 Å². The summed E-state index contributed by atoms with van der Waals surface area (Å²) in [6, 6.07) is 10.9. The van der Waals surface area contributed by atoms with E-state index in [4.69, 9.17) is 4.74 Å². The number of morpholine rings is 1. The first-order chi connectivity index (χ1) is 18.1. The molecule has 184 valence electrons. The van der Waals surface area contributed by atoms with Crippen molar-refractivity contribution >= 4 is 40.3 Å². The fraction of sp³-hybridized carbons (Fsp3) is 0.222. The highest BCUT2D eigenvalue weighted by molar-refractivity contribution is 6.47. The Labute approximate surface area is 211 Å². The van der Waals surface area contributed by atoms with E-state index < -0.39 is 17.9 Å². The molecular formula is C27H22N6O4. The molecule has 10 heteroatoms. The molecule has 1 saturated heterocycles. The second kappa shape index (κ2) is 8.24. The zero-order valence-electron chi connectivity index (χ0n) is 19.8. The molecule has 1 aromatic carbocycles. The van der Waals surface area contributed by atoms with Crippen molar-refractivity contribution < 1.29 is 19.1 Å². The molecule has 4 aliphatic heterocycles. The second-order valence-corrected chi connectivity index (χ2v) is 9.26. The third kappa shape index (κ3) is 3.26. The molecule has 37 heavy (non-hydrogen) atoms. The SMILES string of the molecule is O=C1NC(=O)C(c2cnc3ccccn23)=C1C1=NC=CN2c3c(cccc31)CC2C(=O)N1CCOCC1. The Morgan fingerprint density at radius 2 is 1.86 bits per heavy atom. The van der Waals surface area contributed by atoms with Crippen molar-refractivity contribution in [1.29, 1.82) is 0 Å². The molecule has 1 unspecified atom stereocenters. The average molecular weight is 495 g/mol. The molecule has 1 N–H and O–H groups in total. The van der Waals surface area contributed by atoms with Gasteiger partial charge in [-0.15, -0.1) is 0 Å². The molecule has 6 heterocycles. The number of ether oxygens (including phenoxy) is 1. The van der Waals surface area contributed by atoms with E-state index in [9.17, 15) is 14.4 Å². The van der Waals surface area contributed by atoms with Gasteiger partial charge in [0.1, 0.15) is 11.7 Å². The fourth-order valence-electron chi connectivity index (χ4n) is 5.59. The first kappa shape index (κ1) is 21.7. The lowest BCUT2D eigenvalue weighted by molar-refractivity contribution is -0.136. The lowest BCUT2D eigenvalue weighted by Crippen LogP contribution is -2.49. The van der Waals surface area contributed by atoms with Gasteiger partial charge in [0.05, 0.1) is 47.6 Å². The van der Waals surface area contributed by atoms with E-state index in [1.165, 1.54) is 0 Å². The van der Waals surface area contributed by atoms with Crippen LogP contribution >= 0.6 is 0 Å². The summed E-state index contributed by atoms with van der Waals surface area (Å²) in [6.07, 6.45) is 7.32. The van der Waals surface area contributed by atoms with Gasteiger partial charge in [0.2, 0.25) is 5.91 Å². The van der Waals surface area contributed by atoms with Gasteiger partial charge in [-0.05, 0) is 17.7 Å². The number of imidazole rings is 1. The topological polar surface area (TPSA) is 109 Å². The number of carbonyl (C=O) groups is 3. The number of fused-ring (bicyclic) bond motifs is 1. The van der Waals surface area contributed by atoms with Crippen molar-refractivity contribution in [2.75, 3.05) is 31.2 Å². The lowest BCUT2D eigenvalue weighted by Gasteiger charge is -2.32. The summed E-state index contributed by atoms with van der Waals surface area (Å²) in [4.78, 5) is 52.6. The van der Waals surface area contributed by atoms with Crippen LogP contribution < -0.4 is 10.2 Å². The zero-order valence-corrected chi connectivity index (χ0v) is 19.8. The molecule has 4 aliphatic rings. The van der Waals surface area contributed by atoms with Gasteiger partial charge in [-0.25, -0.2) is 4.98 Å². The quantitative estimate of drug-likeness (QED) is 0.550. The van der Waals surface area contributed by atoms with Gasteiger partial charge in [0.25, 0.3) is 11.8 Å². The summed E-state index contributed by atoms with van der Waals surface area (Å²) in [6.45, 7) is 2.19. The van der Waals surface area contributed by atoms with Gasteiger partial charge in [-0.1, -0.05) is 24.3 Å². The second-order valence-electron chi connectivity index (χ2n) is 9.26. The van der Waals surface area contributed by atoms with Gasteiger partial charge < -0.3 is 14.5 Å². The zero-order chi connectivity index (χ0) is 25.1.